The highest BCUT2D eigenvalue weighted by molar-refractivity contribution is 5.76. The van der Waals surface area contributed by atoms with Gasteiger partial charge in [-0.3, -0.25) is 4.79 Å². The van der Waals surface area contributed by atoms with E-state index in [-0.39, 0.29) is 6.03 Å². The fourth-order valence-electron chi connectivity index (χ4n) is 4.52. The van der Waals surface area contributed by atoms with Crippen LogP contribution in [0.15, 0.2) is 30.3 Å². The summed E-state index contributed by atoms with van der Waals surface area (Å²) in [5.74, 6) is 1.60. The van der Waals surface area contributed by atoms with Crippen molar-refractivity contribution in [2.75, 3.05) is 40.3 Å². The Morgan fingerprint density at radius 1 is 0.893 bits per heavy atom. The molecule has 0 spiro atoms. The minimum Gasteiger partial charge on any atom is -0.343 e. The van der Waals surface area contributed by atoms with Crippen LogP contribution in [0.2, 0.25) is 0 Å². The average molecular weight is 386 g/mol. The maximum atomic E-state index is 12.6. The van der Waals surface area contributed by atoms with Crippen molar-refractivity contribution < 1.29 is 9.59 Å². The van der Waals surface area contributed by atoms with E-state index >= 15 is 0 Å². The summed E-state index contributed by atoms with van der Waals surface area (Å²) < 4.78 is 0. The summed E-state index contributed by atoms with van der Waals surface area (Å²) in [6.07, 6.45) is 7.03. The lowest BCUT2D eigenvalue weighted by Gasteiger charge is -2.35. The van der Waals surface area contributed by atoms with Crippen molar-refractivity contribution in [3.8, 4) is 0 Å². The van der Waals surface area contributed by atoms with Gasteiger partial charge in [0.2, 0.25) is 5.91 Å². The number of benzene rings is 1. The lowest BCUT2D eigenvalue weighted by Crippen LogP contribution is -2.44. The molecule has 2 aliphatic rings. The molecule has 0 aliphatic carbocycles. The van der Waals surface area contributed by atoms with Gasteiger partial charge in [0.15, 0.2) is 0 Å². The number of piperidine rings is 2. The summed E-state index contributed by atoms with van der Waals surface area (Å²) in [5.41, 5.74) is 1.41. The number of urea groups is 1. The van der Waals surface area contributed by atoms with Crippen LogP contribution in [0.3, 0.4) is 0 Å². The molecule has 0 unspecified atom stereocenters. The number of hydrogen-bond acceptors (Lipinski definition) is 2. The van der Waals surface area contributed by atoms with Gasteiger partial charge in [0.1, 0.15) is 0 Å². The largest absolute Gasteiger partial charge is 0.343 e. The van der Waals surface area contributed by atoms with Gasteiger partial charge in [-0.1, -0.05) is 30.3 Å². The number of carbonyl (C=O) groups is 2. The number of hydrogen-bond donors (Lipinski definition) is 0. The Kier molecular flexibility index (Phi) is 7.35. The molecule has 3 amide bonds. The molecule has 0 radical (unpaired) electrons. The second-order valence-corrected chi connectivity index (χ2v) is 8.66. The molecule has 154 valence electrons. The molecule has 0 N–H and O–H groups in total. The van der Waals surface area contributed by atoms with E-state index in [1.165, 1.54) is 5.56 Å². The highest BCUT2D eigenvalue weighted by Gasteiger charge is 2.26. The summed E-state index contributed by atoms with van der Waals surface area (Å²) in [6.45, 7) is 3.46. The molecule has 28 heavy (non-hydrogen) atoms. The van der Waals surface area contributed by atoms with Gasteiger partial charge < -0.3 is 14.7 Å². The van der Waals surface area contributed by atoms with Crippen LogP contribution in [0.1, 0.15) is 44.1 Å². The highest BCUT2D eigenvalue weighted by atomic mass is 16.2. The lowest BCUT2D eigenvalue weighted by molar-refractivity contribution is -0.133. The first kappa shape index (κ1) is 20.7. The van der Waals surface area contributed by atoms with Gasteiger partial charge in [-0.2, -0.15) is 0 Å². The summed E-state index contributed by atoms with van der Waals surface area (Å²) >= 11 is 0. The van der Waals surface area contributed by atoms with Gasteiger partial charge in [-0.05, 0) is 55.9 Å². The van der Waals surface area contributed by atoms with E-state index in [2.05, 4.69) is 35.2 Å². The van der Waals surface area contributed by atoms with Crippen LogP contribution in [0.4, 0.5) is 4.79 Å². The van der Waals surface area contributed by atoms with Gasteiger partial charge >= 0.3 is 6.03 Å². The second-order valence-electron chi connectivity index (χ2n) is 8.66. The van der Waals surface area contributed by atoms with Crippen LogP contribution >= 0.6 is 0 Å². The molecule has 0 aromatic heterocycles. The Morgan fingerprint density at radius 2 is 1.46 bits per heavy atom. The summed E-state index contributed by atoms with van der Waals surface area (Å²) in [6, 6.07) is 10.8. The van der Waals surface area contributed by atoms with Crippen LogP contribution in [-0.2, 0) is 11.2 Å². The molecule has 1 aromatic carbocycles. The summed E-state index contributed by atoms with van der Waals surface area (Å²) in [5, 5.41) is 0. The van der Waals surface area contributed by atoms with Crippen molar-refractivity contribution in [2.24, 2.45) is 11.8 Å². The molecule has 0 atom stereocenters. The standard InChI is InChI=1S/C23H35N3O2/c1-24(2)23(28)26-16-10-19(11-17-26)8-9-22(27)25-14-12-21(13-15-25)18-20-6-4-3-5-7-20/h3-7,19,21H,8-18H2,1-2H3. The van der Waals surface area contributed by atoms with Crippen LogP contribution in [0, 0.1) is 11.8 Å². The quantitative estimate of drug-likeness (QED) is 0.777. The number of nitrogens with zero attached hydrogens (tertiary/aromatic N) is 3. The third-order valence-corrected chi connectivity index (χ3v) is 6.37. The van der Waals surface area contributed by atoms with Crippen molar-refractivity contribution in [2.45, 2.75) is 44.9 Å². The molecule has 0 bridgehead atoms. The van der Waals surface area contributed by atoms with Crippen molar-refractivity contribution in [1.29, 1.82) is 0 Å². The second kappa shape index (κ2) is 9.94. The zero-order valence-corrected chi connectivity index (χ0v) is 17.5. The van der Waals surface area contributed by atoms with Crippen molar-refractivity contribution >= 4 is 11.9 Å². The summed E-state index contributed by atoms with van der Waals surface area (Å²) in [4.78, 5) is 30.3. The predicted octanol–water partition coefficient (Wildman–Crippen LogP) is 3.64. The Hall–Kier alpha value is -2.04. The van der Waals surface area contributed by atoms with E-state index in [4.69, 9.17) is 0 Å². The molecular formula is C23H35N3O2. The van der Waals surface area contributed by atoms with Gasteiger partial charge in [0.25, 0.3) is 0 Å². The van der Waals surface area contributed by atoms with E-state index in [0.717, 1.165) is 64.7 Å². The Morgan fingerprint density at radius 3 is 2.07 bits per heavy atom. The van der Waals surface area contributed by atoms with E-state index in [9.17, 15) is 9.59 Å². The minimum atomic E-state index is 0.105. The Labute approximate surface area is 169 Å². The predicted molar refractivity (Wildman–Crippen MR) is 112 cm³/mol. The molecule has 1 aromatic rings. The first-order valence-electron chi connectivity index (χ1n) is 10.8. The maximum absolute atomic E-state index is 12.6. The Balaban J connectivity index is 1.33. The molecule has 2 aliphatic heterocycles. The first-order valence-corrected chi connectivity index (χ1v) is 10.8. The molecular weight excluding hydrogens is 350 g/mol. The smallest absolute Gasteiger partial charge is 0.319 e. The van der Waals surface area contributed by atoms with Crippen LogP contribution in [0.5, 0.6) is 0 Å². The molecule has 5 nitrogen and oxygen atoms in total. The molecule has 5 heteroatoms. The van der Waals surface area contributed by atoms with E-state index < -0.39 is 0 Å². The number of likely N-dealkylation sites (tertiary alicyclic amines) is 2. The lowest BCUT2D eigenvalue weighted by atomic mass is 9.89. The van der Waals surface area contributed by atoms with Gasteiger partial charge in [-0.25, -0.2) is 4.79 Å². The molecule has 0 saturated carbocycles. The molecule has 2 fully saturated rings. The SMILES string of the molecule is CN(C)C(=O)N1CCC(CCC(=O)N2CCC(Cc3ccccc3)CC2)CC1. The zero-order chi connectivity index (χ0) is 19.9. The normalized spacial score (nSPS) is 18.9. The number of amides is 3. The average Bonchev–Trinajstić information content (AvgIpc) is 2.73. The van der Waals surface area contributed by atoms with Gasteiger partial charge in [-0.15, -0.1) is 0 Å². The van der Waals surface area contributed by atoms with E-state index in [1.807, 2.05) is 4.90 Å². The molecule has 2 saturated heterocycles. The van der Waals surface area contributed by atoms with Crippen molar-refractivity contribution in [3.05, 3.63) is 35.9 Å². The monoisotopic (exact) mass is 385 g/mol. The topological polar surface area (TPSA) is 43.9 Å². The molecule has 3 rings (SSSR count). The van der Waals surface area contributed by atoms with Crippen LogP contribution in [0.25, 0.3) is 0 Å². The Bertz CT molecular complexity index is 631. The first-order chi connectivity index (χ1) is 13.5. The minimum absolute atomic E-state index is 0.105. The fourth-order valence-corrected chi connectivity index (χ4v) is 4.52. The molecule has 2 heterocycles. The van der Waals surface area contributed by atoms with Crippen molar-refractivity contribution in [3.63, 3.8) is 0 Å². The maximum Gasteiger partial charge on any atom is 0.319 e. The van der Waals surface area contributed by atoms with Crippen LogP contribution < -0.4 is 0 Å². The van der Waals surface area contributed by atoms with Gasteiger partial charge in [0, 0.05) is 46.7 Å². The highest BCUT2D eigenvalue weighted by Crippen LogP contribution is 2.25. The third-order valence-electron chi connectivity index (χ3n) is 6.37. The van der Waals surface area contributed by atoms with Crippen molar-refractivity contribution in [1.82, 2.24) is 14.7 Å². The summed E-state index contributed by atoms with van der Waals surface area (Å²) in [7, 11) is 3.60. The zero-order valence-electron chi connectivity index (χ0n) is 17.5. The number of carbonyl (C=O) groups excluding carboxylic acids is 2. The fraction of sp³-hybridized carbons (Fsp3) is 0.652. The van der Waals surface area contributed by atoms with Crippen LogP contribution in [-0.4, -0.2) is 66.9 Å². The van der Waals surface area contributed by atoms with E-state index in [0.29, 0.717) is 24.2 Å². The van der Waals surface area contributed by atoms with E-state index in [1.54, 1.807) is 19.0 Å². The third kappa shape index (κ3) is 5.73. The van der Waals surface area contributed by atoms with Gasteiger partial charge in [0.05, 0.1) is 0 Å². The number of rotatable bonds is 5.